The maximum atomic E-state index is 12.4. The molecule has 208 valence electrons. The number of aromatic nitrogens is 2. The van der Waals surface area contributed by atoms with Crippen molar-refractivity contribution in [1.29, 1.82) is 0 Å². The van der Waals surface area contributed by atoms with Crippen LogP contribution in [0.1, 0.15) is 33.9 Å². The third kappa shape index (κ3) is 6.67. The number of esters is 1. The molecule has 4 N–H and O–H groups in total. The van der Waals surface area contributed by atoms with E-state index in [0.717, 1.165) is 16.8 Å². The van der Waals surface area contributed by atoms with Crippen molar-refractivity contribution in [3.05, 3.63) is 75.6 Å². The second-order valence-electron chi connectivity index (χ2n) is 9.13. The molecule has 0 radical (unpaired) electrons. The highest BCUT2D eigenvalue weighted by molar-refractivity contribution is 8.09. The molecule has 1 aromatic carbocycles. The van der Waals surface area contributed by atoms with Gasteiger partial charge in [-0.15, -0.1) is 0 Å². The van der Waals surface area contributed by atoms with Gasteiger partial charge in [-0.05, 0) is 57.2 Å². The Bertz CT molecular complexity index is 1310. The van der Waals surface area contributed by atoms with Crippen LogP contribution >= 0.6 is 6.64 Å². The summed E-state index contributed by atoms with van der Waals surface area (Å²) in [6, 6.07) is 8.73. The maximum absolute atomic E-state index is 12.4. The van der Waals surface area contributed by atoms with Crippen molar-refractivity contribution in [2.75, 3.05) is 6.61 Å². The van der Waals surface area contributed by atoms with Gasteiger partial charge in [0, 0.05) is 12.3 Å². The molecule has 0 unspecified atom stereocenters. The zero-order valence-electron chi connectivity index (χ0n) is 21.4. The Morgan fingerprint density at radius 3 is 2.53 bits per heavy atom. The SMILES string of the molecule is C=C(C)[C@@]1(O)[C@H](O)[C@@H](CO[P@](=S)(N[C@@H](C)C(=O)OC(C)C)Oc2ccccc2)O[C@H]1n1ccc(=O)[nH]c1=O. The van der Waals surface area contributed by atoms with E-state index in [0.29, 0.717) is 5.75 Å². The minimum Gasteiger partial charge on any atom is -0.462 e. The topological polar surface area (TPSA) is 161 Å². The molecular weight excluding hydrogens is 537 g/mol. The number of aliphatic hydroxyl groups excluding tert-OH is 1. The van der Waals surface area contributed by atoms with Gasteiger partial charge in [-0.1, -0.05) is 24.8 Å². The van der Waals surface area contributed by atoms with Crippen molar-refractivity contribution < 1.29 is 33.5 Å². The minimum absolute atomic E-state index is 0.110. The molecule has 0 aliphatic carbocycles. The zero-order valence-corrected chi connectivity index (χ0v) is 23.1. The third-order valence-corrected chi connectivity index (χ3v) is 8.21. The molecule has 1 saturated heterocycles. The van der Waals surface area contributed by atoms with Gasteiger partial charge < -0.3 is 28.7 Å². The van der Waals surface area contributed by atoms with Gasteiger partial charge in [0.05, 0.1) is 12.7 Å². The summed E-state index contributed by atoms with van der Waals surface area (Å²) in [5.41, 5.74) is -3.49. The van der Waals surface area contributed by atoms with Crippen LogP contribution in [-0.4, -0.2) is 62.3 Å². The predicted octanol–water partition coefficient (Wildman–Crippen LogP) is 1.35. The van der Waals surface area contributed by atoms with E-state index >= 15 is 0 Å². The fourth-order valence-corrected chi connectivity index (χ4v) is 6.18. The number of nitrogens with one attached hydrogen (secondary N) is 2. The van der Waals surface area contributed by atoms with Gasteiger partial charge in [0.1, 0.15) is 24.0 Å². The van der Waals surface area contributed by atoms with Gasteiger partial charge in [-0.25, -0.2) is 9.88 Å². The number of aliphatic hydroxyl groups is 2. The van der Waals surface area contributed by atoms with E-state index in [9.17, 15) is 24.6 Å². The van der Waals surface area contributed by atoms with Crippen LogP contribution < -0.4 is 20.9 Å². The summed E-state index contributed by atoms with van der Waals surface area (Å²) in [5.74, 6) is -0.197. The lowest BCUT2D eigenvalue weighted by molar-refractivity contribution is -0.149. The van der Waals surface area contributed by atoms with Crippen molar-refractivity contribution in [3.63, 3.8) is 0 Å². The average molecular weight is 570 g/mol. The smallest absolute Gasteiger partial charge is 0.330 e. The third-order valence-electron chi connectivity index (χ3n) is 5.71. The van der Waals surface area contributed by atoms with Crippen molar-refractivity contribution >= 4 is 24.4 Å². The summed E-state index contributed by atoms with van der Waals surface area (Å²) in [6.45, 7) is 6.31. The monoisotopic (exact) mass is 569 g/mol. The highest BCUT2D eigenvalue weighted by Gasteiger charge is 2.57. The van der Waals surface area contributed by atoms with E-state index < -0.39 is 60.5 Å². The van der Waals surface area contributed by atoms with Crippen molar-refractivity contribution in [3.8, 4) is 5.75 Å². The number of benzene rings is 1. The number of rotatable bonds is 11. The lowest BCUT2D eigenvalue weighted by Crippen LogP contribution is -2.50. The molecule has 1 fully saturated rings. The molecule has 38 heavy (non-hydrogen) atoms. The Balaban J connectivity index is 1.87. The van der Waals surface area contributed by atoms with E-state index in [1.54, 1.807) is 51.1 Å². The number of aromatic amines is 1. The zero-order chi connectivity index (χ0) is 28.3. The molecule has 12 nitrogen and oxygen atoms in total. The molecule has 1 aromatic heterocycles. The molecule has 2 heterocycles. The molecule has 1 aliphatic rings. The second-order valence-corrected chi connectivity index (χ2v) is 12.3. The largest absolute Gasteiger partial charge is 0.462 e. The maximum Gasteiger partial charge on any atom is 0.330 e. The van der Waals surface area contributed by atoms with Gasteiger partial charge in [-0.3, -0.25) is 19.1 Å². The van der Waals surface area contributed by atoms with E-state index in [4.69, 9.17) is 30.3 Å². The summed E-state index contributed by atoms with van der Waals surface area (Å²) in [7, 11) is 0. The van der Waals surface area contributed by atoms with Gasteiger partial charge in [-0.2, -0.15) is 0 Å². The Hall–Kier alpha value is -2.64. The number of H-pyrrole nitrogens is 1. The summed E-state index contributed by atoms with van der Waals surface area (Å²) >= 11 is 5.67. The Labute approximate surface area is 224 Å². The van der Waals surface area contributed by atoms with Gasteiger partial charge in [0.25, 0.3) is 5.56 Å². The average Bonchev–Trinajstić information content (AvgIpc) is 3.09. The molecule has 0 amide bonds. The van der Waals surface area contributed by atoms with Crippen LogP contribution in [-0.2, 0) is 30.6 Å². The molecule has 0 spiro atoms. The van der Waals surface area contributed by atoms with Crippen LogP contribution in [0.3, 0.4) is 0 Å². The molecule has 2 aromatic rings. The van der Waals surface area contributed by atoms with Crippen molar-refractivity contribution in [1.82, 2.24) is 14.6 Å². The van der Waals surface area contributed by atoms with Crippen LogP contribution in [0.15, 0.2) is 64.3 Å². The van der Waals surface area contributed by atoms with Crippen molar-refractivity contribution in [2.24, 2.45) is 0 Å². The minimum atomic E-state index is -3.48. The highest BCUT2D eigenvalue weighted by atomic mass is 32.5. The fraction of sp³-hybridized carbons (Fsp3) is 0.458. The first-order valence-corrected chi connectivity index (χ1v) is 14.4. The Kier molecular flexibility index (Phi) is 9.48. The molecule has 0 bridgehead atoms. The van der Waals surface area contributed by atoms with Gasteiger partial charge >= 0.3 is 18.3 Å². The van der Waals surface area contributed by atoms with E-state index in [-0.39, 0.29) is 11.7 Å². The summed E-state index contributed by atoms with van der Waals surface area (Å²) < 4.78 is 23.9. The fourth-order valence-electron chi connectivity index (χ4n) is 3.76. The second kappa shape index (κ2) is 12.0. The quantitative estimate of drug-likeness (QED) is 0.176. The van der Waals surface area contributed by atoms with E-state index in [2.05, 4.69) is 16.7 Å². The number of carbonyl (C=O) groups is 1. The van der Waals surface area contributed by atoms with Crippen LogP contribution in [0.25, 0.3) is 0 Å². The van der Waals surface area contributed by atoms with Crippen LogP contribution in [0.2, 0.25) is 0 Å². The number of carbonyl (C=O) groups excluding carboxylic acids is 1. The number of hydrogen-bond acceptors (Lipinski definition) is 10. The molecule has 0 saturated carbocycles. The van der Waals surface area contributed by atoms with Crippen LogP contribution in [0.5, 0.6) is 5.75 Å². The molecule has 6 atom stereocenters. The Morgan fingerprint density at radius 2 is 1.95 bits per heavy atom. The van der Waals surface area contributed by atoms with Gasteiger partial charge in [0.15, 0.2) is 11.8 Å². The first-order chi connectivity index (χ1) is 17.8. The van der Waals surface area contributed by atoms with Gasteiger partial charge in [0.2, 0.25) is 0 Å². The van der Waals surface area contributed by atoms with E-state index in [1.165, 1.54) is 6.92 Å². The predicted molar refractivity (Wildman–Crippen MR) is 142 cm³/mol. The molecular formula is C24H32N3O9PS. The standard InChI is InChI=1S/C24H32N3O9PS/c1-14(2)24(32)20(29)18(35-22(24)27-12-11-19(28)25-23(27)31)13-33-37(38,36-17-9-7-6-8-10-17)26-16(5)21(30)34-15(3)4/h6-12,15-16,18,20,22,29,32H,1,13H2,2-5H3,(H,26,38)(H,25,28,31)/t16-,18+,20+,22+,24+,37+/m0/s1. The first kappa shape index (κ1) is 29.9. The first-order valence-electron chi connectivity index (χ1n) is 11.8. The van der Waals surface area contributed by atoms with E-state index in [1.807, 2.05) is 0 Å². The number of ether oxygens (including phenoxy) is 2. The summed E-state index contributed by atoms with van der Waals surface area (Å²) in [6.07, 6.45) is -3.46. The molecule has 3 rings (SSSR count). The normalized spacial score (nSPS) is 25.5. The Morgan fingerprint density at radius 1 is 1.29 bits per heavy atom. The highest BCUT2D eigenvalue weighted by Crippen LogP contribution is 2.48. The number of para-hydroxylation sites is 1. The molecule has 1 aliphatic heterocycles. The summed E-state index contributed by atoms with van der Waals surface area (Å²) in [5, 5.41) is 25.3. The lowest BCUT2D eigenvalue weighted by Gasteiger charge is -2.32. The van der Waals surface area contributed by atoms with Crippen molar-refractivity contribution in [2.45, 2.75) is 63.9 Å². The number of hydrogen-bond donors (Lipinski definition) is 4. The number of nitrogens with zero attached hydrogens (tertiary/aromatic N) is 1. The lowest BCUT2D eigenvalue weighted by atomic mass is 9.87. The summed E-state index contributed by atoms with van der Waals surface area (Å²) in [4.78, 5) is 38.4. The molecule has 14 heteroatoms. The van der Waals surface area contributed by atoms with Crippen LogP contribution in [0.4, 0.5) is 0 Å². The van der Waals surface area contributed by atoms with Crippen LogP contribution in [0, 0.1) is 0 Å².